The van der Waals surface area contributed by atoms with Gasteiger partial charge in [-0.25, -0.2) is 0 Å². The number of carbonyl (C=O) groups is 1. The molecule has 1 saturated carbocycles. The Kier molecular flexibility index (Phi) is 6.68. The molecule has 0 bridgehead atoms. The van der Waals surface area contributed by atoms with Gasteiger partial charge in [0.15, 0.2) is 0 Å². The number of carbonyl (C=O) groups excluding carboxylic acids is 1. The molecule has 1 aromatic heterocycles. The fourth-order valence-electron chi connectivity index (χ4n) is 4.01. The van der Waals surface area contributed by atoms with Crippen LogP contribution in [0.15, 0.2) is 72.9 Å². The summed E-state index contributed by atoms with van der Waals surface area (Å²) in [5, 5.41) is 0. The lowest BCUT2D eigenvalue weighted by molar-refractivity contribution is 0.0726. The lowest BCUT2D eigenvalue weighted by Crippen LogP contribution is -2.33. The second kappa shape index (κ2) is 9.80. The second-order valence-corrected chi connectivity index (χ2v) is 8.43. The lowest BCUT2D eigenvalue weighted by Gasteiger charge is -2.24. The van der Waals surface area contributed by atoms with E-state index in [9.17, 15) is 4.79 Å². The highest BCUT2D eigenvalue weighted by atomic mass is 16.2. The summed E-state index contributed by atoms with van der Waals surface area (Å²) >= 11 is 0. The van der Waals surface area contributed by atoms with Crippen LogP contribution in [0.25, 0.3) is 0 Å². The van der Waals surface area contributed by atoms with E-state index < -0.39 is 0 Å². The van der Waals surface area contributed by atoms with Gasteiger partial charge in [0.2, 0.25) is 0 Å². The van der Waals surface area contributed by atoms with Gasteiger partial charge in [0.1, 0.15) is 0 Å². The van der Waals surface area contributed by atoms with Gasteiger partial charge in [0.05, 0.1) is 6.54 Å². The summed E-state index contributed by atoms with van der Waals surface area (Å²) in [6.45, 7) is 3.73. The van der Waals surface area contributed by atoms with Gasteiger partial charge in [-0.15, -0.1) is 0 Å². The van der Waals surface area contributed by atoms with Gasteiger partial charge in [-0.2, -0.15) is 0 Å². The molecule has 156 valence electrons. The third-order valence-corrected chi connectivity index (χ3v) is 5.97. The van der Waals surface area contributed by atoms with Crippen molar-refractivity contribution in [3.05, 3.63) is 95.3 Å². The average molecular weight is 401 g/mol. The van der Waals surface area contributed by atoms with E-state index in [4.69, 9.17) is 0 Å². The SMILES string of the molecule is CCCCCc1ccc(C(=O)N(Cc2cccn2Cc2ccccc2)C2CC2)cc1. The molecule has 0 spiro atoms. The number of unbranched alkanes of at least 4 members (excludes halogenated alkanes) is 2. The fraction of sp³-hybridized carbons (Fsp3) is 0.370. The molecule has 0 unspecified atom stereocenters. The molecule has 1 aliphatic rings. The highest BCUT2D eigenvalue weighted by molar-refractivity contribution is 5.94. The van der Waals surface area contributed by atoms with E-state index in [1.165, 1.54) is 36.1 Å². The fourth-order valence-corrected chi connectivity index (χ4v) is 4.01. The molecule has 30 heavy (non-hydrogen) atoms. The predicted molar refractivity (Wildman–Crippen MR) is 123 cm³/mol. The van der Waals surface area contributed by atoms with Gasteiger partial charge in [0.25, 0.3) is 5.91 Å². The Morgan fingerprint density at radius 1 is 0.933 bits per heavy atom. The Morgan fingerprint density at radius 3 is 2.40 bits per heavy atom. The van der Waals surface area contributed by atoms with Crippen LogP contribution in [-0.4, -0.2) is 21.4 Å². The molecule has 1 aliphatic carbocycles. The Morgan fingerprint density at radius 2 is 1.70 bits per heavy atom. The molecule has 3 nitrogen and oxygen atoms in total. The summed E-state index contributed by atoms with van der Waals surface area (Å²) in [5.41, 5.74) is 4.60. The van der Waals surface area contributed by atoms with Gasteiger partial charge >= 0.3 is 0 Å². The van der Waals surface area contributed by atoms with Gasteiger partial charge in [-0.05, 0) is 61.1 Å². The van der Waals surface area contributed by atoms with Crippen LogP contribution < -0.4 is 0 Å². The Bertz CT molecular complexity index is 939. The van der Waals surface area contributed by atoms with Crippen molar-refractivity contribution in [3.8, 4) is 0 Å². The van der Waals surface area contributed by atoms with Crippen LogP contribution >= 0.6 is 0 Å². The lowest BCUT2D eigenvalue weighted by atomic mass is 10.0. The first kappa shape index (κ1) is 20.5. The maximum atomic E-state index is 13.3. The zero-order chi connectivity index (χ0) is 20.8. The van der Waals surface area contributed by atoms with Crippen molar-refractivity contribution in [1.29, 1.82) is 0 Å². The Balaban J connectivity index is 1.45. The third kappa shape index (κ3) is 5.21. The molecule has 2 aromatic carbocycles. The number of hydrogen-bond donors (Lipinski definition) is 0. The molecular weight excluding hydrogens is 368 g/mol. The van der Waals surface area contributed by atoms with Crippen molar-refractivity contribution >= 4 is 5.91 Å². The number of benzene rings is 2. The average Bonchev–Trinajstić information content (AvgIpc) is 3.53. The smallest absolute Gasteiger partial charge is 0.254 e. The Labute approximate surface area is 180 Å². The van der Waals surface area contributed by atoms with Crippen molar-refractivity contribution in [2.24, 2.45) is 0 Å². The molecule has 0 N–H and O–H groups in total. The monoisotopic (exact) mass is 400 g/mol. The summed E-state index contributed by atoms with van der Waals surface area (Å²) in [4.78, 5) is 15.4. The van der Waals surface area contributed by atoms with E-state index in [1.807, 2.05) is 18.2 Å². The van der Waals surface area contributed by atoms with Crippen LogP contribution in [-0.2, 0) is 19.5 Å². The molecule has 3 heteroatoms. The van der Waals surface area contributed by atoms with Crippen molar-refractivity contribution in [3.63, 3.8) is 0 Å². The second-order valence-electron chi connectivity index (χ2n) is 8.43. The maximum absolute atomic E-state index is 13.3. The van der Waals surface area contributed by atoms with Crippen LogP contribution in [0.3, 0.4) is 0 Å². The standard InChI is InChI=1S/C27H32N2O/c1-2-3-5-9-22-13-15-24(16-14-22)27(30)29(25-17-18-25)21-26-12-8-19-28(26)20-23-10-6-4-7-11-23/h4,6-8,10-16,19,25H,2-3,5,9,17-18,20-21H2,1H3. The zero-order valence-corrected chi connectivity index (χ0v) is 18.0. The molecule has 1 amide bonds. The molecule has 1 fully saturated rings. The topological polar surface area (TPSA) is 25.2 Å². The molecule has 0 aliphatic heterocycles. The first-order valence-electron chi connectivity index (χ1n) is 11.3. The van der Waals surface area contributed by atoms with Crippen molar-refractivity contribution in [1.82, 2.24) is 9.47 Å². The highest BCUT2D eigenvalue weighted by Gasteiger charge is 2.33. The van der Waals surface area contributed by atoms with Crippen molar-refractivity contribution < 1.29 is 4.79 Å². The van der Waals surface area contributed by atoms with Crippen LogP contribution in [0.1, 0.15) is 66.2 Å². The minimum atomic E-state index is 0.157. The van der Waals surface area contributed by atoms with E-state index in [0.29, 0.717) is 12.6 Å². The number of hydrogen-bond acceptors (Lipinski definition) is 1. The van der Waals surface area contributed by atoms with Crippen LogP contribution in [0.4, 0.5) is 0 Å². The van der Waals surface area contributed by atoms with Gasteiger partial charge in [0, 0.05) is 30.0 Å². The van der Waals surface area contributed by atoms with Gasteiger partial charge in [-0.1, -0.05) is 62.2 Å². The first-order valence-corrected chi connectivity index (χ1v) is 11.3. The van der Waals surface area contributed by atoms with E-state index in [0.717, 1.165) is 31.4 Å². The molecule has 4 rings (SSSR count). The molecule has 0 saturated heterocycles. The summed E-state index contributed by atoms with van der Waals surface area (Å²) in [5.74, 6) is 0.157. The van der Waals surface area contributed by atoms with Gasteiger partial charge < -0.3 is 9.47 Å². The van der Waals surface area contributed by atoms with Crippen molar-refractivity contribution in [2.45, 2.75) is 64.6 Å². The van der Waals surface area contributed by atoms with Gasteiger partial charge in [-0.3, -0.25) is 4.79 Å². The number of aromatic nitrogens is 1. The summed E-state index contributed by atoms with van der Waals surface area (Å²) < 4.78 is 2.26. The van der Waals surface area contributed by atoms with Crippen LogP contribution in [0.2, 0.25) is 0 Å². The molecule has 3 aromatic rings. The van der Waals surface area contributed by atoms with E-state index in [2.05, 4.69) is 71.1 Å². The number of amides is 1. The molecule has 1 heterocycles. The van der Waals surface area contributed by atoms with Crippen LogP contribution in [0.5, 0.6) is 0 Å². The quantitative estimate of drug-likeness (QED) is 0.379. The normalized spacial score (nSPS) is 13.4. The third-order valence-electron chi connectivity index (χ3n) is 5.97. The van der Waals surface area contributed by atoms with Crippen LogP contribution in [0, 0.1) is 0 Å². The largest absolute Gasteiger partial charge is 0.345 e. The summed E-state index contributed by atoms with van der Waals surface area (Å²) in [6.07, 6.45) is 9.15. The zero-order valence-electron chi connectivity index (χ0n) is 18.0. The summed E-state index contributed by atoms with van der Waals surface area (Å²) in [6, 6.07) is 23.4. The Hall–Kier alpha value is -2.81. The number of aryl methyl sites for hydroxylation is 1. The minimum Gasteiger partial charge on any atom is -0.345 e. The summed E-state index contributed by atoms with van der Waals surface area (Å²) in [7, 11) is 0. The molecule has 0 atom stereocenters. The van der Waals surface area contributed by atoms with Crippen molar-refractivity contribution in [2.75, 3.05) is 0 Å². The number of nitrogens with zero attached hydrogens (tertiary/aromatic N) is 2. The molecular formula is C27H32N2O. The maximum Gasteiger partial charge on any atom is 0.254 e. The predicted octanol–water partition coefficient (Wildman–Crippen LogP) is 6.07. The molecule has 0 radical (unpaired) electrons. The van der Waals surface area contributed by atoms with E-state index >= 15 is 0 Å². The minimum absolute atomic E-state index is 0.157. The first-order chi connectivity index (χ1) is 14.7. The number of rotatable bonds is 10. The van der Waals surface area contributed by atoms with E-state index in [-0.39, 0.29) is 5.91 Å². The van der Waals surface area contributed by atoms with E-state index in [1.54, 1.807) is 0 Å². The highest BCUT2D eigenvalue weighted by Crippen LogP contribution is 2.30.